The van der Waals surface area contributed by atoms with Gasteiger partial charge in [-0.2, -0.15) is 0 Å². The number of halogens is 1. The van der Waals surface area contributed by atoms with Crippen LogP contribution in [-0.4, -0.2) is 18.4 Å². The van der Waals surface area contributed by atoms with Crippen LogP contribution in [-0.2, 0) is 4.79 Å². The molecule has 0 spiro atoms. The molecule has 1 saturated heterocycles. The van der Waals surface area contributed by atoms with Gasteiger partial charge in [0, 0.05) is 34.4 Å². The molecule has 1 aliphatic rings. The fourth-order valence-electron chi connectivity index (χ4n) is 2.61. The van der Waals surface area contributed by atoms with E-state index in [4.69, 9.17) is 0 Å². The van der Waals surface area contributed by atoms with Crippen molar-refractivity contribution in [2.24, 2.45) is 0 Å². The van der Waals surface area contributed by atoms with E-state index in [1.165, 1.54) is 0 Å². The molecule has 0 unspecified atom stereocenters. The van der Waals surface area contributed by atoms with Crippen molar-refractivity contribution in [1.82, 2.24) is 0 Å². The summed E-state index contributed by atoms with van der Waals surface area (Å²) in [5.41, 5.74) is 3.16. The highest BCUT2D eigenvalue weighted by atomic mass is 79.9. The van der Waals surface area contributed by atoms with Gasteiger partial charge >= 0.3 is 0 Å². The highest BCUT2D eigenvalue weighted by Gasteiger charge is 2.22. The third-order valence-corrected chi connectivity index (χ3v) is 4.78. The number of hydrogen-bond acceptors (Lipinski definition) is 2. The van der Waals surface area contributed by atoms with Crippen molar-refractivity contribution in [3.63, 3.8) is 0 Å². The van der Waals surface area contributed by atoms with Gasteiger partial charge in [0.15, 0.2) is 0 Å². The summed E-state index contributed by atoms with van der Waals surface area (Å²) in [6.07, 6.45) is 1.44. The Labute approximate surface area is 143 Å². The molecule has 2 amide bonds. The molecule has 1 heterocycles. The number of nitrogens with zero attached hydrogens (tertiary/aromatic N) is 1. The van der Waals surface area contributed by atoms with E-state index in [9.17, 15) is 9.59 Å². The zero-order chi connectivity index (χ0) is 16.4. The second kappa shape index (κ2) is 6.54. The summed E-state index contributed by atoms with van der Waals surface area (Å²) in [4.78, 5) is 26.0. The lowest BCUT2D eigenvalue weighted by atomic mass is 10.1. The van der Waals surface area contributed by atoms with Gasteiger partial charge in [-0.15, -0.1) is 0 Å². The van der Waals surface area contributed by atoms with Gasteiger partial charge in [0.25, 0.3) is 5.91 Å². The van der Waals surface area contributed by atoms with E-state index in [0.29, 0.717) is 12.0 Å². The lowest BCUT2D eigenvalue weighted by Gasteiger charge is -2.16. The Morgan fingerprint density at radius 2 is 2.04 bits per heavy atom. The Balaban J connectivity index is 1.79. The molecule has 2 aromatic carbocycles. The zero-order valence-corrected chi connectivity index (χ0v) is 14.4. The van der Waals surface area contributed by atoms with E-state index in [2.05, 4.69) is 21.2 Å². The van der Waals surface area contributed by atoms with Crippen molar-refractivity contribution in [1.29, 1.82) is 0 Å². The second-order valence-corrected chi connectivity index (χ2v) is 6.47. The number of nitrogens with one attached hydrogen (secondary N) is 1. The molecule has 5 heteroatoms. The van der Waals surface area contributed by atoms with Crippen molar-refractivity contribution < 1.29 is 9.59 Å². The predicted octanol–water partition coefficient (Wildman–Crippen LogP) is 4.14. The van der Waals surface area contributed by atoms with Crippen LogP contribution in [0.1, 0.15) is 28.8 Å². The van der Waals surface area contributed by atoms with Gasteiger partial charge in [-0.3, -0.25) is 9.59 Å². The molecule has 4 nitrogen and oxygen atoms in total. The summed E-state index contributed by atoms with van der Waals surface area (Å²) in [5, 5.41) is 2.88. The number of benzene rings is 2. The van der Waals surface area contributed by atoms with Gasteiger partial charge in [-0.25, -0.2) is 0 Å². The van der Waals surface area contributed by atoms with E-state index in [0.717, 1.165) is 34.4 Å². The smallest absolute Gasteiger partial charge is 0.255 e. The number of hydrogen-bond donors (Lipinski definition) is 1. The van der Waals surface area contributed by atoms with Gasteiger partial charge in [-0.1, -0.05) is 28.1 Å². The Morgan fingerprint density at radius 1 is 1.22 bits per heavy atom. The maximum Gasteiger partial charge on any atom is 0.255 e. The second-order valence-electron chi connectivity index (χ2n) is 5.62. The van der Waals surface area contributed by atoms with E-state index in [-0.39, 0.29) is 11.8 Å². The fraction of sp³-hybridized carbons (Fsp3) is 0.222. The SMILES string of the molecule is Cc1ccc(NC(=O)c2cccc(N3CCCC3=O)c2)cc1Br. The number of amides is 2. The summed E-state index contributed by atoms with van der Waals surface area (Å²) in [6.45, 7) is 2.71. The lowest BCUT2D eigenvalue weighted by molar-refractivity contribution is -0.117. The molecule has 0 aliphatic carbocycles. The van der Waals surface area contributed by atoms with Crippen molar-refractivity contribution >= 4 is 39.1 Å². The molecule has 0 atom stereocenters. The number of carbonyl (C=O) groups excluding carboxylic acids is 2. The number of aryl methyl sites for hydroxylation is 1. The minimum Gasteiger partial charge on any atom is -0.322 e. The molecule has 1 aliphatic heterocycles. The Hall–Kier alpha value is -2.14. The molecule has 23 heavy (non-hydrogen) atoms. The lowest BCUT2D eigenvalue weighted by Crippen LogP contribution is -2.24. The first-order valence-corrected chi connectivity index (χ1v) is 8.32. The quantitative estimate of drug-likeness (QED) is 0.879. The van der Waals surface area contributed by atoms with Gasteiger partial charge in [0.2, 0.25) is 5.91 Å². The maximum absolute atomic E-state index is 12.4. The zero-order valence-electron chi connectivity index (χ0n) is 12.8. The molecule has 0 aromatic heterocycles. The minimum atomic E-state index is -0.186. The average molecular weight is 373 g/mol. The first kappa shape index (κ1) is 15.7. The minimum absolute atomic E-state index is 0.116. The molecule has 0 radical (unpaired) electrons. The predicted molar refractivity (Wildman–Crippen MR) is 94.9 cm³/mol. The van der Waals surface area contributed by atoms with E-state index in [1.54, 1.807) is 23.1 Å². The molecule has 1 N–H and O–H groups in total. The molecular formula is C18H17BrN2O2. The highest BCUT2D eigenvalue weighted by Crippen LogP contribution is 2.24. The summed E-state index contributed by atoms with van der Waals surface area (Å²) in [6, 6.07) is 12.9. The van der Waals surface area contributed by atoms with E-state index >= 15 is 0 Å². The van der Waals surface area contributed by atoms with Crippen LogP contribution in [0.4, 0.5) is 11.4 Å². The topological polar surface area (TPSA) is 49.4 Å². The van der Waals surface area contributed by atoms with Crippen LogP contribution in [0.5, 0.6) is 0 Å². The summed E-state index contributed by atoms with van der Waals surface area (Å²) in [7, 11) is 0. The Kier molecular flexibility index (Phi) is 4.48. The number of rotatable bonds is 3. The first-order chi connectivity index (χ1) is 11.0. The fourth-order valence-corrected chi connectivity index (χ4v) is 2.99. The number of anilines is 2. The van der Waals surface area contributed by atoms with Crippen LogP contribution >= 0.6 is 15.9 Å². The van der Waals surface area contributed by atoms with Crippen LogP contribution in [0.25, 0.3) is 0 Å². The van der Waals surface area contributed by atoms with Gasteiger partial charge < -0.3 is 10.2 Å². The van der Waals surface area contributed by atoms with Crippen molar-refractivity contribution in [3.05, 3.63) is 58.1 Å². The molecule has 0 saturated carbocycles. The first-order valence-electron chi connectivity index (χ1n) is 7.52. The maximum atomic E-state index is 12.4. The Bertz CT molecular complexity index is 773. The monoisotopic (exact) mass is 372 g/mol. The van der Waals surface area contributed by atoms with Gasteiger partial charge in [0.1, 0.15) is 0 Å². The third-order valence-electron chi connectivity index (χ3n) is 3.92. The van der Waals surface area contributed by atoms with E-state index in [1.807, 2.05) is 31.2 Å². The summed E-state index contributed by atoms with van der Waals surface area (Å²) >= 11 is 3.46. The third kappa shape index (κ3) is 3.45. The van der Waals surface area contributed by atoms with Crippen LogP contribution in [0, 0.1) is 6.92 Å². The molecular weight excluding hydrogens is 356 g/mol. The van der Waals surface area contributed by atoms with Gasteiger partial charge in [-0.05, 0) is 49.2 Å². The van der Waals surface area contributed by atoms with Crippen molar-refractivity contribution in [2.45, 2.75) is 19.8 Å². The van der Waals surface area contributed by atoms with Crippen molar-refractivity contribution in [3.8, 4) is 0 Å². The average Bonchev–Trinajstić information content (AvgIpc) is 2.97. The van der Waals surface area contributed by atoms with Crippen molar-refractivity contribution in [2.75, 3.05) is 16.8 Å². The van der Waals surface area contributed by atoms with Crippen LogP contribution in [0.3, 0.4) is 0 Å². The molecule has 2 aromatic rings. The van der Waals surface area contributed by atoms with Crippen LogP contribution in [0.15, 0.2) is 46.9 Å². The summed E-state index contributed by atoms with van der Waals surface area (Å²) in [5.74, 6) is -0.0701. The molecule has 118 valence electrons. The molecule has 3 rings (SSSR count). The number of carbonyl (C=O) groups is 2. The Morgan fingerprint density at radius 3 is 2.74 bits per heavy atom. The molecule has 0 bridgehead atoms. The molecule has 1 fully saturated rings. The largest absolute Gasteiger partial charge is 0.322 e. The summed E-state index contributed by atoms with van der Waals surface area (Å²) < 4.78 is 0.951. The van der Waals surface area contributed by atoms with Crippen LogP contribution < -0.4 is 10.2 Å². The van der Waals surface area contributed by atoms with E-state index < -0.39 is 0 Å². The highest BCUT2D eigenvalue weighted by molar-refractivity contribution is 9.10. The standard InChI is InChI=1S/C18H17BrN2O2/c1-12-7-8-14(11-16(12)19)20-18(23)13-4-2-5-15(10-13)21-9-3-6-17(21)22/h2,4-5,7-8,10-11H,3,6,9H2,1H3,(H,20,23). The normalized spacial score (nSPS) is 14.2. The van der Waals surface area contributed by atoms with Gasteiger partial charge in [0.05, 0.1) is 0 Å². The van der Waals surface area contributed by atoms with Crippen LogP contribution in [0.2, 0.25) is 0 Å².